The third-order valence-corrected chi connectivity index (χ3v) is 8.42. The zero-order valence-electron chi connectivity index (χ0n) is 22.1. The molecule has 3 heterocycles. The minimum absolute atomic E-state index is 0.0441. The van der Waals surface area contributed by atoms with Crippen molar-refractivity contribution < 1.29 is 18.7 Å². The second-order valence-corrected chi connectivity index (χ2v) is 11.8. The Labute approximate surface area is 225 Å². The Bertz CT molecular complexity index is 1550. The van der Waals surface area contributed by atoms with Crippen LogP contribution in [0.3, 0.4) is 0 Å². The van der Waals surface area contributed by atoms with Crippen LogP contribution >= 0.6 is 0 Å². The van der Waals surface area contributed by atoms with Crippen LogP contribution in [0.4, 0.5) is 14.6 Å². The highest BCUT2D eigenvalue weighted by molar-refractivity contribution is 5.92. The number of aliphatic carboxylic acids is 1. The van der Waals surface area contributed by atoms with Gasteiger partial charge in [-0.15, -0.1) is 0 Å². The molecule has 9 heteroatoms. The first-order chi connectivity index (χ1) is 18.6. The van der Waals surface area contributed by atoms with E-state index in [1.807, 2.05) is 24.3 Å². The third-order valence-electron chi connectivity index (χ3n) is 8.42. The quantitative estimate of drug-likeness (QED) is 0.269. The van der Waals surface area contributed by atoms with E-state index >= 15 is 4.39 Å². The average molecular weight is 532 g/mol. The summed E-state index contributed by atoms with van der Waals surface area (Å²) >= 11 is 0. The van der Waals surface area contributed by atoms with Crippen LogP contribution in [-0.2, 0) is 10.2 Å². The van der Waals surface area contributed by atoms with Gasteiger partial charge < -0.3 is 15.4 Å². The maximum atomic E-state index is 16.2. The molecule has 7 rings (SSSR count). The van der Waals surface area contributed by atoms with Gasteiger partial charge in [-0.2, -0.15) is 0 Å². The summed E-state index contributed by atoms with van der Waals surface area (Å²) in [6, 6.07) is 8.47. The van der Waals surface area contributed by atoms with Gasteiger partial charge in [0.15, 0.2) is 17.5 Å². The number of hydrogen-bond donors (Lipinski definition) is 3. The van der Waals surface area contributed by atoms with Gasteiger partial charge in [0.2, 0.25) is 0 Å². The number of rotatable bonds is 5. The van der Waals surface area contributed by atoms with Crippen molar-refractivity contribution in [1.29, 1.82) is 0 Å². The van der Waals surface area contributed by atoms with Gasteiger partial charge in [0.25, 0.3) is 0 Å². The van der Waals surface area contributed by atoms with Crippen LogP contribution < -0.4 is 5.32 Å². The van der Waals surface area contributed by atoms with Crippen molar-refractivity contribution in [1.82, 2.24) is 19.9 Å². The maximum absolute atomic E-state index is 16.2. The molecule has 0 amide bonds. The lowest BCUT2D eigenvalue weighted by molar-refractivity contribution is -0.148. The van der Waals surface area contributed by atoms with Crippen LogP contribution in [-0.4, -0.2) is 37.1 Å². The second-order valence-electron chi connectivity index (χ2n) is 11.8. The van der Waals surface area contributed by atoms with Crippen molar-refractivity contribution in [3.8, 4) is 22.6 Å². The third kappa shape index (κ3) is 4.53. The lowest BCUT2D eigenvalue weighted by Crippen LogP contribution is -2.51. The zero-order chi connectivity index (χ0) is 27.5. The fraction of sp³-hybridized carbons (Fsp3) is 0.400. The molecule has 0 spiro atoms. The summed E-state index contributed by atoms with van der Waals surface area (Å²) in [5.74, 6) is -2.31. The molecular formula is C30H31F2N5O2. The fourth-order valence-corrected chi connectivity index (χ4v) is 6.32. The van der Waals surface area contributed by atoms with Crippen LogP contribution in [0.5, 0.6) is 0 Å². The number of carbonyl (C=O) groups is 1. The summed E-state index contributed by atoms with van der Waals surface area (Å²) in [7, 11) is 0. The Kier molecular flexibility index (Phi) is 6.12. The molecule has 3 saturated carbocycles. The summed E-state index contributed by atoms with van der Waals surface area (Å²) in [6.45, 7) is 6.32. The summed E-state index contributed by atoms with van der Waals surface area (Å²) < 4.78 is 30.3. The largest absolute Gasteiger partial charge is 0.481 e. The molecule has 0 radical (unpaired) electrons. The number of aromatic nitrogens is 4. The van der Waals surface area contributed by atoms with E-state index in [1.165, 1.54) is 6.07 Å². The van der Waals surface area contributed by atoms with E-state index in [4.69, 9.17) is 0 Å². The number of hydrogen-bond acceptors (Lipinski definition) is 5. The number of halogens is 2. The molecule has 39 heavy (non-hydrogen) atoms. The number of aromatic amines is 1. The summed E-state index contributed by atoms with van der Waals surface area (Å²) in [5.41, 5.74) is 2.62. The van der Waals surface area contributed by atoms with Crippen LogP contribution in [0.2, 0.25) is 0 Å². The molecule has 202 valence electrons. The van der Waals surface area contributed by atoms with Gasteiger partial charge >= 0.3 is 5.97 Å². The second kappa shape index (κ2) is 9.39. The molecule has 4 aromatic rings. The Hall–Kier alpha value is -3.88. The van der Waals surface area contributed by atoms with Crippen LogP contribution in [0.15, 0.2) is 42.7 Å². The van der Waals surface area contributed by atoms with E-state index in [1.54, 1.807) is 6.20 Å². The van der Waals surface area contributed by atoms with Crippen molar-refractivity contribution >= 4 is 22.8 Å². The number of nitrogens with one attached hydrogen (secondary N) is 2. The Morgan fingerprint density at radius 1 is 1.05 bits per heavy atom. The van der Waals surface area contributed by atoms with E-state index < -0.39 is 29.6 Å². The smallest absolute Gasteiger partial charge is 0.308 e. The van der Waals surface area contributed by atoms with Gasteiger partial charge in [-0.3, -0.25) is 4.79 Å². The maximum Gasteiger partial charge on any atom is 0.308 e. The molecule has 2 atom stereocenters. The fourth-order valence-electron chi connectivity index (χ4n) is 6.32. The van der Waals surface area contributed by atoms with Gasteiger partial charge in [-0.1, -0.05) is 45.0 Å². The molecule has 3 N–H and O–H groups in total. The number of anilines is 1. The minimum Gasteiger partial charge on any atom is -0.481 e. The predicted molar refractivity (Wildman–Crippen MR) is 145 cm³/mol. The van der Waals surface area contributed by atoms with Gasteiger partial charge in [-0.25, -0.2) is 23.7 Å². The van der Waals surface area contributed by atoms with E-state index in [0.29, 0.717) is 22.2 Å². The molecule has 3 aliphatic carbocycles. The molecule has 3 fully saturated rings. The molecule has 3 aromatic heterocycles. The number of nitrogens with zero attached hydrogens (tertiary/aromatic N) is 3. The number of carboxylic acids is 1. The Morgan fingerprint density at radius 3 is 2.41 bits per heavy atom. The topological polar surface area (TPSA) is 104 Å². The van der Waals surface area contributed by atoms with Crippen LogP contribution in [0.25, 0.3) is 33.7 Å². The lowest BCUT2D eigenvalue weighted by atomic mass is 9.61. The van der Waals surface area contributed by atoms with Gasteiger partial charge in [-0.05, 0) is 54.6 Å². The SMILES string of the molecule is CC(C)(C)c1ccc(-c2nc(-c3c[nH]c4ncc(F)cc34)nc(NC3C4CCC(CC4)C3C(=O)O)c2F)cc1. The van der Waals surface area contributed by atoms with Crippen LogP contribution in [0.1, 0.15) is 52.0 Å². The first-order valence-corrected chi connectivity index (χ1v) is 13.4. The van der Waals surface area contributed by atoms with Crippen molar-refractivity contribution in [3.63, 3.8) is 0 Å². The van der Waals surface area contributed by atoms with Gasteiger partial charge in [0.05, 0.1) is 12.1 Å². The van der Waals surface area contributed by atoms with Crippen LogP contribution in [0, 0.1) is 29.4 Å². The highest BCUT2D eigenvalue weighted by atomic mass is 19.1. The highest BCUT2D eigenvalue weighted by Crippen LogP contribution is 2.47. The molecule has 7 nitrogen and oxygen atoms in total. The van der Waals surface area contributed by atoms with Crippen molar-refractivity contribution in [2.75, 3.05) is 5.32 Å². The van der Waals surface area contributed by atoms with E-state index in [2.05, 4.69) is 46.0 Å². The van der Waals surface area contributed by atoms with E-state index in [9.17, 15) is 14.3 Å². The van der Waals surface area contributed by atoms with E-state index in [-0.39, 0.29) is 34.6 Å². The number of benzene rings is 1. The summed E-state index contributed by atoms with van der Waals surface area (Å²) in [4.78, 5) is 28.5. The number of H-pyrrole nitrogens is 1. The molecule has 2 bridgehead atoms. The lowest BCUT2D eigenvalue weighted by Gasteiger charge is -2.47. The van der Waals surface area contributed by atoms with Crippen molar-refractivity contribution in [2.24, 2.45) is 17.8 Å². The zero-order valence-corrected chi connectivity index (χ0v) is 22.1. The number of pyridine rings is 1. The van der Waals surface area contributed by atoms with Gasteiger partial charge in [0, 0.05) is 28.8 Å². The number of carboxylic acid groups (broad SMARTS) is 1. The molecule has 0 aliphatic heterocycles. The van der Waals surface area contributed by atoms with Crippen molar-refractivity contribution in [3.05, 3.63) is 59.9 Å². The first kappa shape index (κ1) is 25.4. The van der Waals surface area contributed by atoms with E-state index in [0.717, 1.165) is 37.4 Å². The Morgan fingerprint density at radius 2 is 1.74 bits per heavy atom. The standard InChI is InChI=1S/C30H31F2N5O2/c1-30(2,3)18-10-8-17(9-11-18)25-23(32)28(35-24-16-6-4-15(5-7-16)22(24)29(38)39)37-27(36-25)21-14-34-26-20(21)12-19(31)13-33-26/h8-16,22,24H,4-7H2,1-3H3,(H,33,34)(H,38,39)(H,35,36,37). The summed E-state index contributed by atoms with van der Waals surface area (Å²) in [6.07, 6.45) is 6.30. The average Bonchev–Trinajstić information content (AvgIpc) is 3.33. The highest BCUT2D eigenvalue weighted by Gasteiger charge is 2.47. The molecule has 1 aromatic carbocycles. The normalized spacial score (nSPS) is 22.8. The summed E-state index contributed by atoms with van der Waals surface area (Å²) in [5, 5.41) is 13.7. The minimum atomic E-state index is -0.868. The van der Waals surface area contributed by atoms with Gasteiger partial charge in [0.1, 0.15) is 17.2 Å². The number of fused-ring (bicyclic) bond motifs is 4. The molecule has 0 saturated heterocycles. The Balaban J connectivity index is 1.49. The molecule has 2 unspecified atom stereocenters. The first-order valence-electron chi connectivity index (χ1n) is 13.4. The van der Waals surface area contributed by atoms with Crippen molar-refractivity contribution in [2.45, 2.75) is 57.9 Å². The molecular weight excluding hydrogens is 500 g/mol. The molecule has 3 aliphatic rings. The monoisotopic (exact) mass is 531 g/mol. The predicted octanol–water partition coefficient (Wildman–Crippen LogP) is 6.56.